The molecule has 0 unspecified atom stereocenters. The van der Waals surface area contributed by atoms with Crippen LogP contribution in [0.25, 0.3) is 16.8 Å². The number of fused-ring (bicyclic) bond motifs is 1. The zero-order valence-electron chi connectivity index (χ0n) is 13.7. The predicted molar refractivity (Wildman–Crippen MR) is 90.4 cm³/mol. The van der Waals surface area contributed by atoms with Crippen molar-refractivity contribution in [1.82, 2.24) is 4.40 Å². The number of ether oxygens (including phenoxy) is 1. The highest BCUT2D eigenvalue weighted by atomic mass is 19.3. The maximum absolute atomic E-state index is 13.9. The Morgan fingerprint density at radius 2 is 1.92 bits per heavy atom. The van der Waals surface area contributed by atoms with E-state index in [0.717, 1.165) is 0 Å². The summed E-state index contributed by atoms with van der Waals surface area (Å²) in [6.45, 7) is 1.65. The largest absolute Gasteiger partial charge is 0.462 e. The molecule has 6 nitrogen and oxygen atoms in total. The summed E-state index contributed by atoms with van der Waals surface area (Å²) in [7, 11) is 0. The molecule has 3 aromatic rings. The van der Waals surface area contributed by atoms with Crippen molar-refractivity contribution in [2.75, 3.05) is 6.61 Å². The molecule has 0 atom stereocenters. The van der Waals surface area contributed by atoms with Crippen molar-refractivity contribution in [3.63, 3.8) is 0 Å². The first-order valence-electron chi connectivity index (χ1n) is 7.78. The highest BCUT2D eigenvalue weighted by Gasteiger charge is 2.30. The molecule has 1 aromatic carbocycles. The van der Waals surface area contributed by atoms with E-state index in [2.05, 4.69) is 0 Å². The highest BCUT2D eigenvalue weighted by molar-refractivity contribution is 6.02. The topological polar surface area (TPSA) is 73.8 Å². The van der Waals surface area contributed by atoms with Gasteiger partial charge >= 0.3 is 5.97 Å². The van der Waals surface area contributed by atoms with Crippen LogP contribution >= 0.6 is 0 Å². The molecule has 0 fully saturated rings. The van der Waals surface area contributed by atoms with Gasteiger partial charge in [0.05, 0.1) is 33.9 Å². The lowest BCUT2D eigenvalue weighted by molar-refractivity contribution is -0.384. The summed E-state index contributed by atoms with van der Waals surface area (Å²) < 4.78 is 34.2. The van der Waals surface area contributed by atoms with Crippen molar-refractivity contribution in [3.8, 4) is 11.3 Å². The lowest BCUT2D eigenvalue weighted by Crippen LogP contribution is -2.07. The van der Waals surface area contributed by atoms with Crippen molar-refractivity contribution in [2.24, 2.45) is 0 Å². The Bertz CT molecular complexity index is 981. The third kappa shape index (κ3) is 2.90. The molecule has 2 aromatic heterocycles. The molecule has 134 valence electrons. The summed E-state index contributed by atoms with van der Waals surface area (Å²) in [4.78, 5) is 22.6. The van der Waals surface area contributed by atoms with Crippen LogP contribution in [0.4, 0.5) is 14.5 Å². The quantitative estimate of drug-likeness (QED) is 0.378. The first kappa shape index (κ1) is 17.5. The fourth-order valence-corrected chi connectivity index (χ4v) is 2.89. The van der Waals surface area contributed by atoms with E-state index in [1.165, 1.54) is 28.7 Å². The third-order valence-corrected chi connectivity index (χ3v) is 3.93. The Morgan fingerprint density at radius 1 is 1.23 bits per heavy atom. The fraction of sp³-hybridized carbons (Fsp3) is 0.167. The second-order valence-electron chi connectivity index (χ2n) is 5.42. The van der Waals surface area contributed by atoms with Crippen LogP contribution in [0.3, 0.4) is 0 Å². The van der Waals surface area contributed by atoms with Crippen molar-refractivity contribution in [3.05, 3.63) is 69.9 Å². The number of nitrogens with zero attached hydrogens (tertiary/aromatic N) is 2. The van der Waals surface area contributed by atoms with Gasteiger partial charge in [-0.3, -0.25) is 10.1 Å². The first-order valence-corrected chi connectivity index (χ1v) is 7.78. The monoisotopic (exact) mass is 360 g/mol. The Morgan fingerprint density at radius 3 is 2.50 bits per heavy atom. The van der Waals surface area contributed by atoms with Crippen LogP contribution in [0.5, 0.6) is 0 Å². The molecule has 3 rings (SSSR count). The minimum Gasteiger partial charge on any atom is -0.462 e. The molecule has 2 heterocycles. The number of carbonyl (C=O) groups is 1. The van der Waals surface area contributed by atoms with Crippen LogP contribution in [0.1, 0.15) is 29.3 Å². The van der Waals surface area contributed by atoms with E-state index in [1.54, 1.807) is 31.3 Å². The molecule has 8 heteroatoms. The van der Waals surface area contributed by atoms with Gasteiger partial charge in [-0.2, -0.15) is 0 Å². The van der Waals surface area contributed by atoms with Gasteiger partial charge in [0, 0.05) is 18.3 Å². The number of alkyl halides is 2. The van der Waals surface area contributed by atoms with E-state index in [9.17, 15) is 23.7 Å². The summed E-state index contributed by atoms with van der Waals surface area (Å²) >= 11 is 0. The second-order valence-corrected chi connectivity index (χ2v) is 5.42. The van der Waals surface area contributed by atoms with E-state index in [4.69, 9.17) is 4.74 Å². The van der Waals surface area contributed by atoms with Gasteiger partial charge in [0.15, 0.2) is 0 Å². The maximum atomic E-state index is 13.9. The van der Waals surface area contributed by atoms with E-state index in [0.29, 0.717) is 5.56 Å². The second kappa shape index (κ2) is 6.91. The van der Waals surface area contributed by atoms with Crippen LogP contribution < -0.4 is 0 Å². The smallest absolute Gasteiger partial charge is 0.340 e. The summed E-state index contributed by atoms with van der Waals surface area (Å²) in [6.07, 6.45) is -1.37. The summed E-state index contributed by atoms with van der Waals surface area (Å²) in [5.41, 5.74) is -0.0797. The number of benzene rings is 1. The Labute approximate surface area is 146 Å². The van der Waals surface area contributed by atoms with Gasteiger partial charge in [-0.15, -0.1) is 0 Å². The van der Waals surface area contributed by atoms with Gasteiger partial charge < -0.3 is 9.14 Å². The number of aromatic nitrogens is 1. The van der Waals surface area contributed by atoms with E-state index < -0.39 is 22.9 Å². The van der Waals surface area contributed by atoms with Gasteiger partial charge in [0.1, 0.15) is 0 Å². The molecule has 0 aliphatic heterocycles. The molecular weight excluding hydrogens is 346 g/mol. The number of carbonyl (C=O) groups excluding carboxylic acids is 1. The number of halogens is 2. The molecule has 0 saturated carbocycles. The Balaban J connectivity index is 2.32. The SMILES string of the molecule is CCOC(=O)c1c(C(F)F)c(-c2ccc([N+](=O)[O-])cc2)n2ccccc12. The minimum atomic E-state index is -2.93. The van der Waals surface area contributed by atoms with Crippen LogP contribution in [0, 0.1) is 10.1 Å². The molecule has 0 aliphatic rings. The molecule has 0 radical (unpaired) electrons. The number of rotatable bonds is 5. The maximum Gasteiger partial charge on any atom is 0.340 e. The minimum absolute atomic E-state index is 0.0541. The number of nitro benzene ring substituents is 1. The van der Waals surface area contributed by atoms with Gasteiger partial charge in [-0.1, -0.05) is 6.07 Å². The van der Waals surface area contributed by atoms with Crippen LogP contribution in [-0.4, -0.2) is 21.9 Å². The summed E-state index contributed by atoms with van der Waals surface area (Å²) in [5.74, 6) is -0.834. The van der Waals surface area contributed by atoms with Crippen LogP contribution in [0.2, 0.25) is 0 Å². The zero-order valence-corrected chi connectivity index (χ0v) is 13.7. The average Bonchev–Trinajstić information content (AvgIpc) is 2.97. The van der Waals surface area contributed by atoms with Crippen molar-refractivity contribution >= 4 is 17.2 Å². The van der Waals surface area contributed by atoms with Gasteiger partial charge in [0.25, 0.3) is 12.1 Å². The van der Waals surface area contributed by atoms with Crippen LogP contribution in [-0.2, 0) is 4.74 Å². The normalized spacial score (nSPS) is 11.1. The molecule has 0 aliphatic carbocycles. The van der Waals surface area contributed by atoms with Crippen LogP contribution in [0.15, 0.2) is 48.7 Å². The third-order valence-electron chi connectivity index (χ3n) is 3.93. The molecule has 0 saturated heterocycles. The predicted octanol–water partition coefficient (Wildman–Crippen LogP) is 4.63. The van der Waals surface area contributed by atoms with E-state index >= 15 is 0 Å². The summed E-state index contributed by atoms with van der Waals surface area (Å²) in [5, 5.41) is 10.8. The lowest BCUT2D eigenvalue weighted by Gasteiger charge is -2.07. The molecule has 0 bridgehead atoms. The molecule has 0 amide bonds. The lowest BCUT2D eigenvalue weighted by atomic mass is 10.0. The zero-order chi connectivity index (χ0) is 18.8. The summed E-state index contributed by atoms with van der Waals surface area (Å²) in [6, 6.07) is 10.1. The molecule has 0 spiro atoms. The van der Waals surface area contributed by atoms with Crippen molar-refractivity contribution < 1.29 is 23.2 Å². The average molecular weight is 360 g/mol. The van der Waals surface area contributed by atoms with E-state index in [1.807, 2.05) is 0 Å². The van der Waals surface area contributed by atoms with Gasteiger partial charge in [-0.25, -0.2) is 13.6 Å². The van der Waals surface area contributed by atoms with Gasteiger partial charge in [0.2, 0.25) is 0 Å². The molecule has 0 N–H and O–H groups in total. The molecule has 26 heavy (non-hydrogen) atoms. The number of pyridine rings is 1. The fourth-order valence-electron chi connectivity index (χ4n) is 2.89. The van der Waals surface area contributed by atoms with Gasteiger partial charge in [-0.05, 0) is 36.8 Å². The highest BCUT2D eigenvalue weighted by Crippen LogP contribution is 2.39. The number of esters is 1. The number of hydrogen-bond acceptors (Lipinski definition) is 4. The Hall–Kier alpha value is -3.29. The van der Waals surface area contributed by atoms with Crippen molar-refractivity contribution in [1.29, 1.82) is 0 Å². The first-order chi connectivity index (χ1) is 12.5. The number of non-ortho nitro benzene ring substituents is 1. The van der Waals surface area contributed by atoms with Crippen molar-refractivity contribution in [2.45, 2.75) is 13.3 Å². The molecular formula is C18H14F2N2O4. The standard InChI is InChI=1S/C18H14F2N2O4/c1-2-26-18(23)14-13-5-3-4-10-21(13)16(15(14)17(19)20)11-6-8-12(9-7-11)22(24)25/h3-10,17H,2H2,1H3. The van der Waals surface area contributed by atoms with E-state index in [-0.39, 0.29) is 29.1 Å². The number of hydrogen-bond donors (Lipinski definition) is 0. The number of nitro groups is 1. The Kier molecular flexibility index (Phi) is 4.66.